The number of carbonyl (C=O) groups excluding carboxylic acids is 2. The van der Waals surface area contributed by atoms with Crippen LogP contribution in [0.3, 0.4) is 0 Å². The van der Waals surface area contributed by atoms with Gasteiger partial charge in [-0.15, -0.1) is 0 Å². The van der Waals surface area contributed by atoms with Crippen molar-refractivity contribution in [3.8, 4) is 11.5 Å². The van der Waals surface area contributed by atoms with Gasteiger partial charge in [0.15, 0.2) is 5.78 Å². The van der Waals surface area contributed by atoms with Crippen molar-refractivity contribution < 1.29 is 23.5 Å². The molecule has 3 rings (SSSR count). The zero-order valence-corrected chi connectivity index (χ0v) is 18.8. The minimum absolute atomic E-state index is 0.148. The molecule has 1 aliphatic rings. The summed E-state index contributed by atoms with van der Waals surface area (Å²) in [4.78, 5) is 28.1. The smallest absolute Gasteiger partial charge is 0.238 e. The third-order valence-electron chi connectivity index (χ3n) is 5.27. The molecule has 1 heterocycles. The van der Waals surface area contributed by atoms with Crippen molar-refractivity contribution in [2.24, 2.45) is 0 Å². The Morgan fingerprint density at radius 1 is 1.00 bits per heavy atom. The Morgan fingerprint density at radius 3 is 2.34 bits per heavy atom. The van der Waals surface area contributed by atoms with Crippen molar-refractivity contribution in [3.63, 3.8) is 0 Å². The average molecular weight is 444 g/mol. The number of piperazine rings is 1. The van der Waals surface area contributed by atoms with Crippen molar-refractivity contribution in [1.29, 1.82) is 0 Å². The molecule has 2 aromatic rings. The van der Waals surface area contributed by atoms with Gasteiger partial charge < -0.3 is 19.7 Å². The Morgan fingerprint density at radius 2 is 1.72 bits per heavy atom. The first-order valence-corrected chi connectivity index (χ1v) is 10.9. The Balaban J connectivity index is 1.57. The SMILES string of the molecule is CCOc1ccc(OCC)c(NC(=O)CN2CCN(c3ccc(C(C)=O)cc3F)CC2)c1. The lowest BCUT2D eigenvalue weighted by Gasteiger charge is -2.35. The number of hydrogen-bond acceptors (Lipinski definition) is 6. The molecule has 0 aliphatic carbocycles. The van der Waals surface area contributed by atoms with Crippen molar-refractivity contribution >= 4 is 23.1 Å². The molecule has 2 aromatic carbocycles. The van der Waals surface area contributed by atoms with E-state index in [9.17, 15) is 14.0 Å². The summed E-state index contributed by atoms with van der Waals surface area (Å²) in [6, 6.07) is 9.93. The van der Waals surface area contributed by atoms with Gasteiger partial charge in [-0.1, -0.05) is 0 Å². The summed E-state index contributed by atoms with van der Waals surface area (Å²) >= 11 is 0. The summed E-state index contributed by atoms with van der Waals surface area (Å²) in [6.07, 6.45) is 0. The number of ketones is 1. The van der Waals surface area contributed by atoms with Gasteiger partial charge in [0.2, 0.25) is 5.91 Å². The fourth-order valence-corrected chi connectivity index (χ4v) is 3.67. The summed E-state index contributed by atoms with van der Waals surface area (Å²) in [7, 11) is 0. The number of halogens is 1. The van der Waals surface area contributed by atoms with Gasteiger partial charge in [-0.25, -0.2) is 4.39 Å². The molecule has 1 saturated heterocycles. The van der Waals surface area contributed by atoms with Crippen LogP contribution in [0.4, 0.5) is 15.8 Å². The minimum Gasteiger partial charge on any atom is -0.494 e. The molecule has 1 aliphatic heterocycles. The minimum atomic E-state index is -0.401. The van der Waals surface area contributed by atoms with Crippen LogP contribution in [0.15, 0.2) is 36.4 Å². The molecule has 0 bridgehead atoms. The van der Waals surface area contributed by atoms with E-state index < -0.39 is 5.82 Å². The maximum absolute atomic E-state index is 14.4. The standard InChI is InChI=1S/C24H30FN3O4/c1-4-31-19-7-9-23(32-5-2)21(15-19)26-24(30)16-27-10-12-28(13-11-27)22-8-6-18(17(3)29)14-20(22)25/h6-9,14-15H,4-5,10-13,16H2,1-3H3,(H,26,30). The van der Waals surface area contributed by atoms with E-state index in [-0.39, 0.29) is 18.2 Å². The molecular formula is C24H30FN3O4. The normalized spacial score (nSPS) is 14.2. The van der Waals surface area contributed by atoms with Gasteiger partial charge >= 0.3 is 0 Å². The highest BCUT2D eigenvalue weighted by Gasteiger charge is 2.22. The maximum Gasteiger partial charge on any atom is 0.238 e. The van der Waals surface area contributed by atoms with Crippen LogP contribution in [0, 0.1) is 5.82 Å². The number of Topliss-reactive ketones (excluding diaryl/α,β-unsaturated/α-hetero) is 1. The van der Waals surface area contributed by atoms with Crippen molar-refractivity contribution in [3.05, 3.63) is 47.8 Å². The fourth-order valence-electron chi connectivity index (χ4n) is 3.67. The fraction of sp³-hybridized carbons (Fsp3) is 0.417. The molecular weight excluding hydrogens is 413 g/mol. The highest BCUT2D eigenvalue weighted by Crippen LogP contribution is 2.29. The Labute approximate surface area is 188 Å². The second-order valence-electron chi connectivity index (χ2n) is 7.56. The van der Waals surface area contributed by atoms with Crippen LogP contribution in [-0.2, 0) is 4.79 Å². The number of nitrogens with one attached hydrogen (secondary N) is 1. The van der Waals surface area contributed by atoms with Gasteiger partial charge in [-0.3, -0.25) is 14.5 Å². The molecule has 1 amide bonds. The quantitative estimate of drug-likeness (QED) is 0.598. The zero-order chi connectivity index (χ0) is 23.1. The molecule has 172 valence electrons. The Hall–Kier alpha value is -3.13. The van der Waals surface area contributed by atoms with E-state index in [1.165, 1.54) is 13.0 Å². The first-order chi connectivity index (χ1) is 15.4. The van der Waals surface area contributed by atoms with E-state index in [0.29, 0.717) is 67.8 Å². The molecule has 8 heteroatoms. The molecule has 1 fully saturated rings. The van der Waals surface area contributed by atoms with E-state index in [0.717, 1.165) is 0 Å². The average Bonchev–Trinajstić information content (AvgIpc) is 2.76. The summed E-state index contributed by atoms with van der Waals surface area (Å²) in [5, 5.41) is 2.92. The lowest BCUT2D eigenvalue weighted by molar-refractivity contribution is -0.117. The van der Waals surface area contributed by atoms with Crippen LogP contribution >= 0.6 is 0 Å². The zero-order valence-electron chi connectivity index (χ0n) is 18.8. The van der Waals surface area contributed by atoms with Gasteiger partial charge in [0.25, 0.3) is 0 Å². The largest absolute Gasteiger partial charge is 0.494 e. The molecule has 0 aromatic heterocycles. The van der Waals surface area contributed by atoms with Gasteiger partial charge in [0, 0.05) is 37.8 Å². The molecule has 0 radical (unpaired) electrons. The third-order valence-corrected chi connectivity index (χ3v) is 5.27. The van der Waals surface area contributed by atoms with Gasteiger partial charge in [0.1, 0.15) is 17.3 Å². The molecule has 32 heavy (non-hydrogen) atoms. The summed E-state index contributed by atoms with van der Waals surface area (Å²) in [6.45, 7) is 8.88. The molecule has 0 saturated carbocycles. The monoisotopic (exact) mass is 443 g/mol. The van der Waals surface area contributed by atoms with Crippen LogP contribution in [0.25, 0.3) is 0 Å². The maximum atomic E-state index is 14.4. The number of ether oxygens (including phenoxy) is 2. The first-order valence-electron chi connectivity index (χ1n) is 10.9. The van der Waals surface area contributed by atoms with Crippen LogP contribution < -0.4 is 19.7 Å². The second kappa shape index (κ2) is 10.9. The third kappa shape index (κ3) is 5.97. The summed E-state index contributed by atoms with van der Waals surface area (Å²) in [5.74, 6) is 0.549. The van der Waals surface area contributed by atoms with Crippen LogP contribution in [0.5, 0.6) is 11.5 Å². The van der Waals surface area contributed by atoms with Gasteiger partial charge in [0.05, 0.1) is 31.1 Å². The Bertz CT molecular complexity index is 958. The predicted octanol–water partition coefficient (Wildman–Crippen LogP) is 3.59. The highest BCUT2D eigenvalue weighted by molar-refractivity contribution is 5.94. The van der Waals surface area contributed by atoms with Crippen LogP contribution in [0.1, 0.15) is 31.1 Å². The number of benzene rings is 2. The van der Waals surface area contributed by atoms with Crippen LogP contribution in [-0.4, -0.2) is 62.5 Å². The number of carbonyl (C=O) groups is 2. The number of nitrogens with zero attached hydrogens (tertiary/aromatic N) is 2. The number of hydrogen-bond donors (Lipinski definition) is 1. The Kier molecular flexibility index (Phi) is 8.05. The summed E-state index contributed by atoms with van der Waals surface area (Å²) in [5.41, 5.74) is 1.42. The topological polar surface area (TPSA) is 71.1 Å². The van der Waals surface area contributed by atoms with E-state index in [4.69, 9.17) is 9.47 Å². The lowest BCUT2D eigenvalue weighted by atomic mass is 10.1. The molecule has 0 spiro atoms. The van der Waals surface area contributed by atoms with E-state index in [1.54, 1.807) is 24.3 Å². The number of anilines is 2. The predicted molar refractivity (Wildman–Crippen MR) is 122 cm³/mol. The van der Waals surface area contributed by atoms with E-state index in [1.807, 2.05) is 29.7 Å². The summed E-state index contributed by atoms with van der Waals surface area (Å²) < 4.78 is 25.6. The van der Waals surface area contributed by atoms with E-state index in [2.05, 4.69) is 5.32 Å². The molecule has 0 unspecified atom stereocenters. The molecule has 0 atom stereocenters. The van der Waals surface area contributed by atoms with E-state index >= 15 is 0 Å². The second-order valence-corrected chi connectivity index (χ2v) is 7.56. The molecule has 7 nitrogen and oxygen atoms in total. The molecule has 1 N–H and O–H groups in total. The lowest BCUT2D eigenvalue weighted by Crippen LogP contribution is -2.49. The van der Waals surface area contributed by atoms with Crippen molar-refractivity contribution in [2.45, 2.75) is 20.8 Å². The first kappa shape index (κ1) is 23.5. The van der Waals surface area contributed by atoms with Crippen molar-refractivity contribution in [1.82, 2.24) is 4.90 Å². The van der Waals surface area contributed by atoms with Gasteiger partial charge in [-0.2, -0.15) is 0 Å². The van der Waals surface area contributed by atoms with Gasteiger partial charge in [-0.05, 0) is 51.1 Å². The highest BCUT2D eigenvalue weighted by atomic mass is 19.1. The number of rotatable bonds is 9. The van der Waals surface area contributed by atoms with Crippen LogP contribution in [0.2, 0.25) is 0 Å². The number of amides is 1. The van der Waals surface area contributed by atoms with Crippen molar-refractivity contribution in [2.75, 3.05) is 56.2 Å².